The van der Waals surface area contributed by atoms with Gasteiger partial charge in [0.05, 0.1) is 24.8 Å². The maximum atomic E-state index is 8.64. The molecule has 1 aliphatic rings. The molecule has 0 bridgehead atoms. The fourth-order valence-corrected chi connectivity index (χ4v) is 1.60. The number of hydrogen-bond acceptors (Lipinski definition) is 3. The van der Waals surface area contributed by atoms with Crippen LogP contribution in [0.1, 0.15) is 17.5 Å². The summed E-state index contributed by atoms with van der Waals surface area (Å²) in [7, 11) is 0. The van der Waals surface area contributed by atoms with Crippen molar-refractivity contribution in [1.29, 1.82) is 5.26 Å². The molecule has 1 aromatic rings. The van der Waals surface area contributed by atoms with Gasteiger partial charge in [0.1, 0.15) is 0 Å². The fraction of sp³-hybridized carbons (Fsp3) is 0.417. The van der Waals surface area contributed by atoms with Crippen LogP contribution in [-0.4, -0.2) is 19.5 Å². The molecule has 1 fully saturated rings. The van der Waals surface area contributed by atoms with E-state index in [0.29, 0.717) is 18.8 Å². The Morgan fingerprint density at radius 1 is 1.20 bits per heavy atom. The number of hydrogen-bond donors (Lipinski definition) is 0. The molecule has 0 atom stereocenters. The maximum absolute atomic E-state index is 8.64. The van der Waals surface area contributed by atoms with Gasteiger partial charge in [-0.1, -0.05) is 12.1 Å². The molecule has 0 saturated carbocycles. The maximum Gasteiger partial charge on any atom is 0.158 e. The van der Waals surface area contributed by atoms with E-state index in [9.17, 15) is 0 Å². The minimum Gasteiger partial charge on any atom is -0.350 e. The highest BCUT2D eigenvalue weighted by Crippen LogP contribution is 2.12. The molecule has 1 saturated heterocycles. The number of rotatable bonds is 3. The summed E-state index contributed by atoms with van der Waals surface area (Å²) in [6, 6.07) is 9.74. The van der Waals surface area contributed by atoms with Crippen molar-refractivity contribution >= 4 is 0 Å². The Kier molecular flexibility index (Phi) is 3.33. The van der Waals surface area contributed by atoms with Crippen LogP contribution in [0.4, 0.5) is 0 Å². The summed E-state index contributed by atoms with van der Waals surface area (Å²) in [4.78, 5) is 0. The van der Waals surface area contributed by atoms with Crippen LogP contribution in [0.2, 0.25) is 0 Å². The van der Waals surface area contributed by atoms with Gasteiger partial charge in [-0.3, -0.25) is 0 Å². The molecule has 0 aliphatic carbocycles. The van der Waals surface area contributed by atoms with E-state index in [1.54, 1.807) is 0 Å². The summed E-state index contributed by atoms with van der Waals surface area (Å²) in [5.41, 5.74) is 1.92. The van der Waals surface area contributed by atoms with Gasteiger partial charge in [0.25, 0.3) is 0 Å². The first-order valence-electron chi connectivity index (χ1n) is 5.11. The van der Waals surface area contributed by atoms with Gasteiger partial charge in [0.15, 0.2) is 6.29 Å². The first-order valence-corrected chi connectivity index (χ1v) is 5.11. The van der Waals surface area contributed by atoms with Crippen LogP contribution < -0.4 is 0 Å². The zero-order valence-electron chi connectivity index (χ0n) is 8.48. The SMILES string of the molecule is N#Cc1ccc(CCC2OCCO2)cc1. The van der Waals surface area contributed by atoms with Gasteiger partial charge in [-0.15, -0.1) is 0 Å². The summed E-state index contributed by atoms with van der Waals surface area (Å²) in [6.45, 7) is 1.41. The molecular formula is C12H13NO2. The molecule has 1 aromatic carbocycles. The first-order chi connectivity index (χ1) is 7.38. The van der Waals surface area contributed by atoms with Crippen molar-refractivity contribution in [2.45, 2.75) is 19.1 Å². The second-order valence-electron chi connectivity index (χ2n) is 3.52. The fourth-order valence-electron chi connectivity index (χ4n) is 1.60. The third-order valence-corrected chi connectivity index (χ3v) is 2.44. The van der Waals surface area contributed by atoms with Crippen molar-refractivity contribution < 1.29 is 9.47 Å². The summed E-state index contributed by atoms with van der Waals surface area (Å²) < 4.78 is 10.7. The van der Waals surface area contributed by atoms with Crippen molar-refractivity contribution in [3.05, 3.63) is 35.4 Å². The van der Waals surface area contributed by atoms with E-state index in [-0.39, 0.29) is 6.29 Å². The Hall–Kier alpha value is -1.37. The Labute approximate surface area is 89.2 Å². The lowest BCUT2D eigenvalue weighted by Crippen LogP contribution is -2.08. The summed E-state index contributed by atoms with van der Waals surface area (Å²) in [5, 5.41) is 8.64. The number of aryl methyl sites for hydroxylation is 1. The Morgan fingerprint density at radius 2 is 1.87 bits per heavy atom. The van der Waals surface area contributed by atoms with Crippen LogP contribution in [-0.2, 0) is 15.9 Å². The van der Waals surface area contributed by atoms with E-state index in [4.69, 9.17) is 14.7 Å². The predicted octanol–water partition coefficient (Wildman–Crippen LogP) is 1.86. The molecule has 0 radical (unpaired) electrons. The van der Waals surface area contributed by atoms with Crippen LogP contribution in [0, 0.1) is 11.3 Å². The lowest BCUT2D eigenvalue weighted by atomic mass is 10.1. The lowest BCUT2D eigenvalue weighted by Gasteiger charge is -2.08. The minimum atomic E-state index is -0.0411. The first kappa shape index (κ1) is 10.2. The molecule has 78 valence electrons. The average molecular weight is 203 g/mol. The molecule has 1 heterocycles. The van der Waals surface area contributed by atoms with Crippen LogP contribution in [0.15, 0.2) is 24.3 Å². The van der Waals surface area contributed by atoms with Gasteiger partial charge >= 0.3 is 0 Å². The quantitative estimate of drug-likeness (QED) is 0.753. The Balaban J connectivity index is 1.85. The van der Waals surface area contributed by atoms with Crippen LogP contribution >= 0.6 is 0 Å². The largest absolute Gasteiger partial charge is 0.350 e. The van der Waals surface area contributed by atoms with Crippen molar-refractivity contribution in [3.8, 4) is 6.07 Å². The topological polar surface area (TPSA) is 42.2 Å². The number of nitriles is 1. The number of nitrogens with zero attached hydrogens (tertiary/aromatic N) is 1. The van der Waals surface area contributed by atoms with E-state index in [1.807, 2.05) is 24.3 Å². The van der Waals surface area contributed by atoms with E-state index in [2.05, 4.69) is 6.07 Å². The summed E-state index contributed by atoms with van der Waals surface area (Å²) >= 11 is 0. The normalized spacial score (nSPS) is 16.5. The Morgan fingerprint density at radius 3 is 2.47 bits per heavy atom. The van der Waals surface area contributed by atoms with E-state index >= 15 is 0 Å². The minimum absolute atomic E-state index is 0.0411. The van der Waals surface area contributed by atoms with Gasteiger partial charge in [0, 0.05) is 6.42 Å². The van der Waals surface area contributed by atoms with Crippen molar-refractivity contribution in [2.24, 2.45) is 0 Å². The zero-order valence-corrected chi connectivity index (χ0v) is 8.48. The third kappa shape index (κ3) is 2.79. The van der Waals surface area contributed by atoms with Crippen LogP contribution in [0.3, 0.4) is 0 Å². The molecule has 0 N–H and O–H groups in total. The molecule has 3 heteroatoms. The predicted molar refractivity (Wildman–Crippen MR) is 55.2 cm³/mol. The molecule has 3 nitrogen and oxygen atoms in total. The van der Waals surface area contributed by atoms with Gasteiger partial charge < -0.3 is 9.47 Å². The van der Waals surface area contributed by atoms with E-state index < -0.39 is 0 Å². The standard InChI is InChI=1S/C12H13NO2/c13-9-11-3-1-10(2-4-11)5-6-12-14-7-8-15-12/h1-4,12H,5-8H2. The highest BCUT2D eigenvalue weighted by Gasteiger charge is 2.15. The van der Waals surface area contributed by atoms with Gasteiger partial charge in [-0.25, -0.2) is 0 Å². The molecule has 1 aliphatic heterocycles. The average Bonchev–Trinajstić information content (AvgIpc) is 2.80. The molecule has 2 rings (SSSR count). The molecule has 0 amide bonds. The Bertz CT molecular complexity index is 347. The van der Waals surface area contributed by atoms with Crippen molar-refractivity contribution in [1.82, 2.24) is 0 Å². The highest BCUT2D eigenvalue weighted by atomic mass is 16.7. The lowest BCUT2D eigenvalue weighted by molar-refractivity contribution is -0.0461. The van der Waals surface area contributed by atoms with Gasteiger partial charge in [0.2, 0.25) is 0 Å². The van der Waals surface area contributed by atoms with Crippen molar-refractivity contribution in [3.63, 3.8) is 0 Å². The van der Waals surface area contributed by atoms with Crippen LogP contribution in [0.5, 0.6) is 0 Å². The summed E-state index contributed by atoms with van der Waals surface area (Å²) in [5.74, 6) is 0. The summed E-state index contributed by atoms with van der Waals surface area (Å²) in [6.07, 6.45) is 1.77. The number of ether oxygens (including phenoxy) is 2. The van der Waals surface area contributed by atoms with Gasteiger partial charge in [-0.05, 0) is 24.1 Å². The van der Waals surface area contributed by atoms with Crippen molar-refractivity contribution in [2.75, 3.05) is 13.2 Å². The third-order valence-electron chi connectivity index (χ3n) is 2.44. The molecular weight excluding hydrogens is 190 g/mol. The van der Waals surface area contributed by atoms with Crippen LogP contribution in [0.25, 0.3) is 0 Å². The van der Waals surface area contributed by atoms with Gasteiger partial charge in [-0.2, -0.15) is 5.26 Å². The number of benzene rings is 1. The zero-order chi connectivity index (χ0) is 10.5. The van der Waals surface area contributed by atoms with E-state index in [1.165, 1.54) is 5.56 Å². The second-order valence-corrected chi connectivity index (χ2v) is 3.52. The van der Waals surface area contributed by atoms with E-state index in [0.717, 1.165) is 12.8 Å². The molecule has 0 aromatic heterocycles. The molecule has 0 unspecified atom stereocenters. The molecule has 15 heavy (non-hydrogen) atoms. The second kappa shape index (κ2) is 4.92. The smallest absolute Gasteiger partial charge is 0.158 e. The molecule has 0 spiro atoms. The monoisotopic (exact) mass is 203 g/mol. The highest BCUT2D eigenvalue weighted by molar-refractivity contribution is 5.31.